The first-order valence-corrected chi connectivity index (χ1v) is 14.8. The van der Waals surface area contributed by atoms with Gasteiger partial charge in [0, 0.05) is 58.2 Å². The van der Waals surface area contributed by atoms with E-state index >= 15 is 0 Å². The van der Waals surface area contributed by atoms with Crippen LogP contribution in [-0.2, 0) is 11.4 Å². The molecule has 0 saturated carbocycles. The molecule has 0 atom stereocenters. The number of likely N-dealkylation sites (tertiary alicyclic amines) is 2. The van der Waals surface area contributed by atoms with E-state index in [1.54, 1.807) is 0 Å². The molecular formula is C31H39BrN4O2. The van der Waals surface area contributed by atoms with Crippen LogP contribution in [0.2, 0.25) is 0 Å². The number of aromatic nitrogens is 1. The van der Waals surface area contributed by atoms with Crippen molar-refractivity contribution in [1.29, 1.82) is 0 Å². The average Bonchev–Trinajstić information content (AvgIpc) is 3.38. The fourth-order valence-electron chi connectivity index (χ4n) is 6.17. The van der Waals surface area contributed by atoms with Gasteiger partial charge in [0.25, 0.3) is 5.91 Å². The summed E-state index contributed by atoms with van der Waals surface area (Å²) in [4.78, 5) is 23.8. The van der Waals surface area contributed by atoms with E-state index in [1.807, 2.05) is 19.1 Å². The summed E-state index contributed by atoms with van der Waals surface area (Å²) >= 11 is 3.54. The number of carbonyl (C=O) groups excluding carboxylic acids is 1. The third-order valence-electron chi connectivity index (χ3n) is 8.59. The van der Waals surface area contributed by atoms with Crippen molar-refractivity contribution >= 4 is 38.5 Å². The number of carbonyl (C=O) groups is 1. The summed E-state index contributed by atoms with van der Waals surface area (Å²) in [7, 11) is 0. The number of fused-ring (bicyclic) bond motifs is 1. The van der Waals surface area contributed by atoms with Gasteiger partial charge in [-0.05, 0) is 95.4 Å². The van der Waals surface area contributed by atoms with E-state index in [-0.39, 0.29) is 11.4 Å². The maximum absolute atomic E-state index is 13.5. The van der Waals surface area contributed by atoms with E-state index in [0.29, 0.717) is 12.5 Å². The van der Waals surface area contributed by atoms with Crippen molar-refractivity contribution in [1.82, 2.24) is 14.4 Å². The Morgan fingerprint density at radius 2 is 1.74 bits per heavy atom. The summed E-state index contributed by atoms with van der Waals surface area (Å²) in [6.45, 7) is 11.7. The van der Waals surface area contributed by atoms with Gasteiger partial charge >= 0.3 is 0 Å². The van der Waals surface area contributed by atoms with Crippen LogP contribution in [0.5, 0.6) is 0 Å². The van der Waals surface area contributed by atoms with E-state index in [4.69, 9.17) is 4.84 Å². The number of benzene rings is 2. The highest BCUT2D eigenvalue weighted by atomic mass is 79.9. The molecule has 0 N–H and O–H groups in total. The third-order valence-corrected chi connectivity index (χ3v) is 9.12. The van der Waals surface area contributed by atoms with Gasteiger partial charge in [-0.15, -0.1) is 0 Å². The average molecular weight is 580 g/mol. The van der Waals surface area contributed by atoms with Crippen LogP contribution in [0.3, 0.4) is 0 Å². The Labute approximate surface area is 234 Å². The molecule has 1 aromatic heterocycles. The molecule has 0 unspecified atom stereocenters. The van der Waals surface area contributed by atoms with Gasteiger partial charge in [-0.2, -0.15) is 0 Å². The number of hydrogen-bond donors (Lipinski definition) is 0. The Bertz CT molecular complexity index is 1280. The van der Waals surface area contributed by atoms with Gasteiger partial charge in [0.05, 0.1) is 5.71 Å². The van der Waals surface area contributed by atoms with Crippen molar-refractivity contribution in [2.45, 2.75) is 58.5 Å². The molecule has 2 fully saturated rings. The number of aryl methyl sites for hydroxylation is 1. The second-order valence-electron chi connectivity index (χ2n) is 10.8. The van der Waals surface area contributed by atoms with Crippen molar-refractivity contribution in [2.75, 3.05) is 32.8 Å². The quantitative estimate of drug-likeness (QED) is 0.235. The molecule has 38 heavy (non-hydrogen) atoms. The molecule has 2 aromatic carbocycles. The van der Waals surface area contributed by atoms with Crippen LogP contribution in [0, 0.1) is 5.92 Å². The minimum Gasteiger partial charge on any atom is -0.396 e. The maximum Gasteiger partial charge on any atom is 0.254 e. The second-order valence-corrected chi connectivity index (χ2v) is 11.7. The zero-order valence-corrected chi connectivity index (χ0v) is 24.4. The smallest absolute Gasteiger partial charge is 0.254 e. The third kappa shape index (κ3) is 5.41. The lowest BCUT2D eigenvalue weighted by atomic mass is 9.82. The lowest BCUT2D eigenvalue weighted by Crippen LogP contribution is -2.56. The molecule has 6 nitrogen and oxygen atoms in total. The summed E-state index contributed by atoms with van der Waals surface area (Å²) in [6, 6.07) is 16.6. The molecule has 3 aromatic rings. The Kier molecular flexibility index (Phi) is 8.24. The van der Waals surface area contributed by atoms with E-state index in [9.17, 15) is 4.79 Å². The zero-order valence-electron chi connectivity index (χ0n) is 22.8. The van der Waals surface area contributed by atoms with E-state index in [0.717, 1.165) is 90.6 Å². The summed E-state index contributed by atoms with van der Waals surface area (Å²) in [5.41, 5.74) is 4.29. The van der Waals surface area contributed by atoms with Gasteiger partial charge in [-0.25, -0.2) is 0 Å². The highest BCUT2D eigenvalue weighted by Gasteiger charge is 2.39. The Morgan fingerprint density at radius 3 is 2.39 bits per heavy atom. The highest BCUT2D eigenvalue weighted by Crippen LogP contribution is 2.34. The van der Waals surface area contributed by atoms with Crippen LogP contribution in [-0.4, -0.2) is 64.3 Å². The molecule has 0 aliphatic carbocycles. The first kappa shape index (κ1) is 26.9. The first-order valence-electron chi connectivity index (χ1n) is 14.0. The van der Waals surface area contributed by atoms with E-state index < -0.39 is 0 Å². The summed E-state index contributed by atoms with van der Waals surface area (Å²) in [6.07, 6.45) is 6.22. The molecule has 0 radical (unpaired) electrons. The number of halogens is 1. The number of rotatable bonds is 7. The molecule has 5 rings (SSSR count). The van der Waals surface area contributed by atoms with Gasteiger partial charge in [-0.3, -0.25) is 9.69 Å². The molecule has 0 spiro atoms. The molecule has 3 heterocycles. The predicted octanol–water partition coefficient (Wildman–Crippen LogP) is 6.57. The Balaban J connectivity index is 1.21. The summed E-state index contributed by atoms with van der Waals surface area (Å²) in [5, 5.41) is 5.60. The largest absolute Gasteiger partial charge is 0.396 e. The van der Waals surface area contributed by atoms with Gasteiger partial charge in [0.1, 0.15) is 6.61 Å². The van der Waals surface area contributed by atoms with Crippen LogP contribution in [0.1, 0.15) is 62.4 Å². The fraction of sp³-hybridized carbons (Fsp3) is 0.484. The lowest BCUT2D eigenvalue weighted by molar-refractivity contribution is 0.0162. The van der Waals surface area contributed by atoms with Crippen LogP contribution >= 0.6 is 15.9 Å². The van der Waals surface area contributed by atoms with Gasteiger partial charge in [0.2, 0.25) is 0 Å². The predicted molar refractivity (Wildman–Crippen MR) is 158 cm³/mol. The van der Waals surface area contributed by atoms with Crippen LogP contribution in [0.25, 0.3) is 10.9 Å². The van der Waals surface area contributed by atoms with Crippen molar-refractivity contribution in [3.63, 3.8) is 0 Å². The van der Waals surface area contributed by atoms with E-state index in [1.165, 1.54) is 0 Å². The first-order chi connectivity index (χ1) is 18.4. The molecule has 2 aliphatic heterocycles. The molecule has 0 bridgehead atoms. The van der Waals surface area contributed by atoms with Gasteiger partial charge in [-0.1, -0.05) is 39.3 Å². The Hall–Kier alpha value is -2.64. The minimum absolute atomic E-state index is 0.119. The topological polar surface area (TPSA) is 50.1 Å². The zero-order chi connectivity index (χ0) is 26.7. The SMILES string of the molecule is CCON=C(c1ccc(Br)cc1)C1CCN(C2(C)CCN(C(=O)c3cccc4c3ccn4CC)CC2)CC1. The number of hydrogen-bond acceptors (Lipinski definition) is 4. The number of nitrogens with zero attached hydrogens (tertiary/aromatic N) is 4. The van der Waals surface area contributed by atoms with Crippen LogP contribution in [0.15, 0.2) is 64.4 Å². The Morgan fingerprint density at radius 1 is 1.03 bits per heavy atom. The lowest BCUT2D eigenvalue weighted by Gasteiger charge is -2.49. The molecule has 202 valence electrons. The molecular weight excluding hydrogens is 540 g/mol. The molecule has 2 aliphatic rings. The number of oxime groups is 1. The van der Waals surface area contributed by atoms with E-state index in [2.05, 4.69) is 91.9 Å². The molecule has 2 saturated heterocycles. The minimum atomic E-state index is 0.119. The standard InChI is InChI=1S/C31H39BrN4O2/c1-4-34-18-15-26-27(7-6-8-28(26)34)30(37)35-21-16-31(3,17-22-35)36-19-13-24(14-20-36)29(33-38-5-2)23-9-11-25(32)12-10-23/h6-12,15,18,24H,4-5,13-14,16-17,19-22H2,1-3H3. The van der Waals surface area contributed by atoms with Crippen molar-refractivity contribution in [2.24, 2.45) is 11.1 Å². The number of piperidine rings is 2. The summed E-state index contributed by atoms with van der Waals surface area (Å²) in [5.74, 6) is 0.552. The molecule has 7 heteroatoms. The normalized spacial score (nSPS) is 19.2. The highest BCUT2D eigenvalue weighted by molar-refractivity contribution is 9.10. The maximum atomic E-state index is 13.5. The summed E-state index contributed by atoms with van der Waals surface area (Å²) < 4.78 is 3.27. The van der Waals surface area contributed by atoms with Crippen molar-refractivity contribution in [3.05, 3.63) is 70.3 Å². The van der Waals surface area contributed by atoms with Crippen molar-refractivity contribution < 1.29 is 9.63 Å². The van der Waals surface area contributed by atoms with Gasteiger partial charge in [0.15, 0.2) is 0 Å². The van der Waals surface area contributed by atoms with Crippen LogP contribution in [0.4, 0.5) is 0 Å². The van der Waals surface area contributed by atoms with Gasteiger partial charge < -0.3 is 14.3 Å². The number of amides is 1. The van der Waals surface area contributed by atoms with Crippen LogP contribution < -0.4 is 0 Å². The van der Waals surface area contributed by atoms with Crippen molar-refractivity contribution in [3.8, 4) is 0 Å². The molecule has 1 amide bonds. The monoisotopic (exact) mass is 578 g/mol. The fourth-order valence-corrected chi connectivity index (χ4v) is 6.44. The second kappa shape index (κ2) is 11.6.